The topological polar surface area (TPSA) is 41.6 Å². The second-order valence-electron chi connectivity index (χ2n) is 6.18. The quantitative estimate of drug-likeness (QED) is 0.759. The van der Waals surface area contributed by atoms with Gasteiger partial charge in [-0.15, -0.1) is 0 Å². The lowest BCUT2D eigenvalue weighted by Crippen LogP contribution is -2.36. The standard InChI is InChI=1S/C15H20Br2N2O2/c1-15(2,3)21-14(20)19-7-6-11(9-19)18-13-8-10(16)4-5-12(13)17/h4-5,8,11,18H,6-7,9H2,1-3H3. The third-order valence-electron chi connectivity index (χ3n) is 3.13. The second kappa shape index (κ2) is 6.57. The molecule has 116 valence electrons. The number of rotatable bonds is 2. The average molecular weight is 420 g/mol. The van der Waals surface area contributed by atoms with Gasteiger partial charge in [0.15, 0.2) is 0 Å². The van der Waals surface area contributed by atoms with Crippen LogP contribution in [0.15, 0.2) is 27.1 Å². The fraction of sp³-hybridized carbons (Fsp3) is 0.533. The van der Waals surface area contributed by atoms with E-state index in [0.29, 0.717) is 6.54 Å². The minimum Gasteiger partial charge on any atom is -0.444 e. The lowest BCUT2D eigenvalue weighted by molar-refractivity contribution is 0.0293. The van der Waals surface area contributed by atoms with Crippen LogP contribution in [0.2, 0.25) is 0 Å². The third kappa shape index (κ3) is 4.88. The zero-order valence-electron chi connectivity index (χ0n) is 12.5. The Labute approximate surface area is 142 Å². The molecule has 1 heterocycles. The first-order chi connectivity index (χ1) is 9.74. The molecule has 1 saturated heterocycles. The lowest BCUT2D eigenvalue weighted by Gasteiger charge is -2.24. The summed E-state index contributed by atoms with van der Waals surface area (Å²) in [4.78, 5) is 13.8. The molecule has 0 saturated carbocycles. The van der Waals surface area contributed by atoms with E-state index in [0.717, 1.165) is 27.6 Å². The number of carbonyl (C=O) groups excluding carboxylic acids is 1. The Morgan fingerprint density at radius 1 is 1.38 bits per heavy atom. The van der Waals surface area contributed by atoms with Gasteiger partial charge in [-0.1, -0.05) is 15.9 Å². The van der Waals surface area contributed by atoms with E-state index in [9.17, 15) is 4.79 Å². The predicted molar refractivity (Wildman–Crippen MR) is 91.7 cm³/mol. The van der Waals surface area contributed by atoms with E-state index in [-0.39, 0.29) is 12.1 Å². The number of benzene rings is 1. The van der Waals surface area contributed by atoms with Crippen LogP contribution in [0.5, 0.6) is 0 Å². The van der Waals surface area contributed by atoms with E-state index in [1.54, 1.807) is 4.90 Å². The molecule has 6 heteroatoms. The molecule has 1 aromatic carbocycles. The van der Waals surface area contributed by atoms with Gasteiger partial charge in [-0.25, -0.2) is 4.79 Å². The first kappa shape index (κ1) is 16.6. The molecule has 2 rings (SSSR count). The number of nitrogens with one attached hydrogen (secondary N) is 1. The van der Waals surface area contributed by atoms with E-state index in [1.165, 1.54) is 0 Å². The summed E-state index contributed by atoms with van der Waals surface area (Å²) in [5, 5.41) is 3.47. The van der Waals surface area contributed by atoms with E-state index in [1.807, 2.05) is 39.0 Å². The van der Waals surface area contributed by atoms with Crippen LogP contribution in [0.1, 0.15) is 27.2 Å². The molecule has 1 aliphatic heterocycles. The minimum absolute atomic E-state index is 0.236. The number of likely N-dealkylation sites (tertiary alicyclic amines) is 1. The van der Waals surface area contributed by atoms with Crippen LogP contribution in [0.3, 0.4) is 0 Å². The number of amides is 1. The molecule has 0 aliphatic carbocycles. The highest BCUT2D eigenvalue weighted by atomic mass is 79.9. The van der Waals surface area contributed by atoms with Gasteiger partial charge in [0.25, 0.3) is 0 Å². The van der Waals surface area contributed by atoms with Crippen LogP contribution in [-0.2, 0) is 4.74 Å². The number of ether oxygens (including phenoxy) is 1. The summed E-state index contributed by atoms with van der Waals surface area (Å²) in [5.74, 6) is 0. The molecule has 0 radical (unpaired) electrons. The average Bonchev–Trinajstić information content (AvgIpc) is 2.80. The van der Waals surface area contributed by atoms with Crippen LogP contribution in [0.4, 0.5) is 10.5 Å². The van der Waals surface area contributed by atoms with E-state index in [2.05, 4.69) is 37.2 Å². The Kier molecular flexibility index (Phi) is 5.20. The maximum absolute atomic E-state index is 12.0. The molecule has 4 nitrogen and oxygen atoms in total. The van der Waals surface area contributed by atoms with Crippen LogP contribution in [0.25, 0.3) is 0 Å². The molecule has 1 atom stereocenters. The van der Waals surface area contributed by atoms with Crippen molar-refractivity contribution in [3.05, 3.63) is 27.1 Å². The van der Waals surface area contributed by atoms with Gasteiger partial charge in [-0.3, -0.25) is 0 Å². The minimum atomic E-state index is -0.448. The first-order valence-corrected chi connectivity index (χ1v) is 8.53. The van der Waals surface area contributed by atoms with Gasteiger partial charge in [0.2, 0.25) is 0 Å². The zero-order valence-corrected chi connectivity index (χ0v) is 15.6. The Balaban J connectivity index is 1.93. The summed E-state index contributed by atoms with van der Waals surface area (Å²) < 4.78 is 7.44. The van der Waals surface area contributed by atoms with Gasteiger partial charge in [-0.05, 0) is 61.3 Å². The lowest BCUT2D eigenvalue weighted by atomic mass is 10.2. The summed E-state index contributed by atoms with van der Waals surface area (Å²) >= 11 is 7.00. The molecular weight excluding hydrogens is 400 g/mol. The number of nitrogens with zero attached hydrogens (tertiary/aromatic N) is 1. The Hall–Kier alpha value is -0.750. The number of halogens is 2. The van der Waals surface area contributed by atoms with Gasteiger partial charge in [0.1, 0.15) is 5.60 Å². The first-order valence-electron chi connectivity index (χ1n) is 6.94. The maximum atomic E-state index is 12.0. The van der Waals surface area contributed by atoms with Crippen molar-refractivity contribution in [1.82, 2.24) is 4.90 Å². The van der Waals surface area contributed by atoms with Gasteiger partial charge in [-0.2, -0.15) is 0 Å². The molecule has 1 fully saturated rings. The Morgan fingerprint density at radius 3 is 2.76 bits per heavy atom. The summed E-state index contributed by atoms with van der Waals surface area (Å²) in [6.07, 6.45) is 0.679. The highest BCUT2D eigenvalue weighted by Crippen LogP contribution is 2.28. The van der Waals surface area contributed by atoms with Crippen LogP contribution in [-0.4, -0.2) is 35.7 Å². The second-order valence-corrected chi connectivity index (χ2v) is 7.95. The van der Waals surface area contributed by atoms with Crippen LogP contribution in [0, 0.1) is 0 Å². The van der Waals surface area contributed by atoms with Gasteiger partial charge in [0.05, 0.1) is 0 Å². The Morgan fingerprint density at radius 2 is 2.10 bits per heavy atom. The summed E-state index contributed by atoms with van der Waals surface area (Å²) in [7, 11) is 0. The monoisotopic (exact) mass is 418 g/mol. The highest BCUT2D eigenvalue weighted by molar-refractivity contribution is 9.11. The summed E-state index contributed by atoms with van der Waals surface area (Å²) in [5.41, 5.74) is 0.580. The van der Waals surface area contributed by atoms with Crippen molar-refractivity contribution in [3.63, 3.8) is 0 Å². The number of hydrogen-bond acceptors (Lipinski definition) is 3. The smallest absolute Gasteiger partial charge is 0.410 e. The van der Waals surface area contributed by atoms with Crippen LogP contribution >= 0.6 is 31.9 Å². The van der Waals surface area contributed by atoms with Gasteiger partial charge < -0.3 is 15.0 Å². The number of anilines is 1. The van der Waals surface area contributed by atoms with E-state index < -0.39 is 5.60 Å². The molecular formula is C15H20Br2N2O2. The van der Waals surface area contributed by atoms with Crippen molar-refractivity contribution >= 4 is 43.6 Å². The fourth-order valence-corrected chi connectivity index (χ4v) is 2.92. The fourth-order valence-electron chi connectivity index (χ4n) is 2.20. The van der Waals surface area contributed by atoms with E-state index in [4.69, 9.17) is 4.74 Å². The summed E-state index contributed by atoms with van der Waals surface area (Å²) in [6, 6.07) is 6.24. The zero-order chi connectivity index (χ0) is 15.6. The molecule has 1 aromatic rings. The van der Waals surface area contributed by atoms with Crippen molar-refractivity contribution < 1.29 is 9.53 Å². The molecule has 0 bridgehead atoms. The molecule has 1 aliphatic rings. The molecule has 0 aromatic heterocycles. The molecule has 1 unspecified atom stereocenters. The SMILES string of the molecule is CC(C)(C)OC(=O)N1CCC(Nc2cc(Br)ccc2Br)C1. The van der Waals surface area contributed by atoms with Gasteiger partial charge >= 0.3 is 6.09 Å². The predicted octanol–water partition coefficient (Wildman–Crippen LogP) is 4.63. The number of hydrogen-bond donors (Lipinski definition) is 1. The van der Waals surface area contributed by atoms with Crippen molar-refractivity contribution in [3.8, 4) is 0 Å². The highest BCUT2D eigenvalue weighted by Gasteiger charge is 2.29. The van der Waals surface area contributed by atoms with E-state index >= 15 is 0 Å². The van der Waals surface area contributed by atoms with Crippen molar-refractivity contribution in [2.24, 2.45) is 0 Å². The largest absolute Gasteiger partial charge is 0.444 e. The molecule has 1 amide bonds. The van der Waals surface area contributed by atoms with Gasteiger partial charge in [0, 0.05) is 33.8 Å². The van der Waals surface area contributed by atoms with Crippen LogP contribution < -0.4 is 5.32 Å². The maximum Gasteiger partial charge on any atom is 0.410 e. The molecule has 0 spiro atoms. The Bertz CT molecular complexity index is 529. The normalized spacial score (nSPS) is 18.7. The number of carbonyl (C=O) groups is 1. The van der Waals surface area contributed by atoms with Crippen molar-refractivity contribution in [1.29, 1.82) is 0 Å². The molecule has 1 N–H and O–H groups in total. The summed E-state index contributed by atoms with van der Waals surface area (Å²) in [6.45, 7) is 7.03. The van der Waals surface area contributed by atoms with Crippen molar-refractivity contribution in [2.75, 3.05) is 18.4 Å². The van der Waals surface area contributed by atoms with Crippen molar-refractivity contribution in [2.45, 2.75) is 38.8 Å². The molecule has 21 heavy (non-hydrogen) atoms. The third-order valence-corrected chi connectivity index (χ3v) is 4.31.